The molecule has 4 nitrogen and oxygen atoms in total. The fraction of sp³-hybridized carbons (Fsp3) is 0.214. The van der Waals surface area contributed by atoms with Gasteiger partial charge in [-0.15, -0.1) is 0 Å². The molecular formula is C14H12N2O2S. The van der Waals surface area contributed by atoms with Crippen LogP contribution >= 0.6 is 11.8 Å². The number of hydrogen-bond donors (Lipinski definition) is 0. The molecule has 1 saturated heterocycles. The maximum absolute atomic E-state index is 12.0. The maximum Gasteiger partial charge on any atom is 0.293 e. The minimum atomic E-state index is -0.255. The first-order chi connectivity index (χ1) is 9.02. The van der Waals surface area contributed by atoms with Gasteiger partial charge in [-0.2, -0.15) is 5.26 Å². The lowest BCUT2D eigenvalue weighted by Gasteiger charge is -2.16. The monoisotopic (exact) mass is 272 g/mol. The summed E-state index contributed by atoms with van der Waals surface area (Å²) in [5, 5.41) is 8.47. The Morgan fingerprint density at radius 3 is 2.37 bits per heavy atom. The minimum absolute atomic E-state index is 0.139. The van der Waals surface area contributed by atoms with Crippen molar-refractivity contribution in [2.24, 2.45) is 0 Å². The molecule has 2 rings (SSSR count). The van der Waals surface area contributed by atoms with E-state index in [0.29, 0.717) is 10.5 Å². The molecule has 1 aliphatic rings. The second-order valence-corrected chi connectivity index (χ2v) is 5.37. The van der Waals surface area contributed by atoms with E-state index in [1.54, 1.807) is 44.2 Å². The molecule has 0 aromatic heterocycles. The number of amides is 2. The van der Waals surface area contributed by atoms with Crippen LogP contribution < -0.4 is 0 Å². The van der Waals surface area contributed by atoms with E-state index in [0.717, 1.165) is 17.3 Å². The molecule has 0 saturated carbocycles. The summed E-state index contributed by atoms with van der Waals surface area (Å²) in [7, 11) is 0. The number of thioether (sulfide) groups is 1. The molecular weight excluding hydrogens is 260 g/mol. The zero-order chi connectivity index (χ0) is 14.0. The quantitative estimate of drug-likeness (QED) is 0.776. The first-order valence-electron chi connectivity index (χ1n) is 5.80. The summed E-state index contributed by atoms with van der Waals surface area (Å²) in [6, 6.07) is 8.75. The predicted octanol–water partition coefficient (Wildman–Crippen LogP) is 3.00. The van der Waals surface area contributed by atoms with Crippen molar-refractivity contribution in [3.05, 3.63) is 40.3 Å². The van der Waals surface area contributed by atoms with Crippen molar-refractivity contribution in [1.29, 1.82) is 5.26 Å². The van der Waals surface area contributed by atoms with Gasteiger partial charge in [-0.3, -0.25) is 14.5 Å². The topological polar surface area (TPSA) is 61.2 Å². The summed E-state index contributed by atoms with van der Waals surface area (Å²) < 4.78 is 0. The lowest BCUT2D eigenvalue weighted by Crippen LogP contribution is -2.34. The Kier molecular flexibility index (Phi) is 3.72. The summed E-state index contributed by atoms with van der Waals surface area (Å²) in [6.45, 7) is 3.61. The molecule has 0 radical (unpaired) electrons. The van der Waals surface area contributed by atoms with Crippen molar-refractivity contribution < 1.29 is 9.59 Å². The van der Waals surface area contributed by atoms with E-state index in [1.807, 2.05) is 6.07 Å². The average Bonchev–Trinajstić information content (AvgIpc) is 2.65. The molecule has 2 amide bonds. The number of nitriles is 1. The van der Waals surface area contributed by atoms with Crippen LogP contribution in [0.15, 0.2) is 29.2 Å². The highest BCUT2D eigenvalue weighted by molar-refractivity contribution is 8.18. The summed E-state index contributed by atoms with van der Waals surface area (Å²) >= 11 is 0.948. The van der Waals surface area contributed by atoms with E-state index in [1.165, 1.54) is 4.90 Å². The van der Waals surface area contributed by atoms with Crippen molar-refractivity contribution in [2.45, 2.75) is 19.9 Å². The van der Waals surface area contributed by atoms with Crippen molar-refractivity contribution in [1.82, 2.24) is 4.90 Å². The molecule has 1 aromatic carbocycles. The minimum Gasteiger partial charge on any atom is -0.268 e. The summed E-state index contributed by atoms with van der Waals surface area (Å²) in [5.41, 5.74) is 1.36. The van der Waals surface area contributed by atoms with E-state index in [-0.39, 0.29) is 17.2 Å². The van der Waals surface area contributed by atoms with Crippen LogP contribution in [0, 0.1) is 11.3 Å². The van der Waals surface area contributed by atoms with Gasteiger partial charge in [0.1, 0.15) is 0 Å². The van der Waals surface area contributed by atoms with Crippen LogP contribution in [0.1, 0.15) is 25.0 Å². The molecule has 5 heteroatoms. The fourth-order valence-electron chi connectivity index (χ4n) is 1.73. The molecule has 96 valence electrons. The molecule has 0 aliphatic carbocycles. The van der Waals surface area contributed by atoms with Gasteiger partial charge in [-0.25, -0.2) is 0 Å². The Morgan fingerprint density at radius 2 is 1.89 bits per heavy atom. The van der Waals surface area contributed by atoms with Crippen LogP contribution in [0.5, 0.6) is 0 Å². The molecule has 1 heterocycles. The van der Waals surface area contributed by atoms with Crippen molar-refractivity contribution in [2.75, 3.05) is 0 Å². The number of nitrogens with zero attached hydrogens (tertiary/aromatic N) is 2. The zero-order valence-electron chi connectivity index (χ0n) is 10.6. The largest absolute Gasteiger partial charge is 0.293 e. The van der Waals surface area contributed by atoms with Crippen LogP contribution in [0.3, 0.4) is 0 Å². The number of benzene rings is 1. The number of carbonyl (C=O) groups excluding carboxylic acids is 2. The molecule has 0 atom stereocenters. The van der Waals surface area contributed by atoms with E-state index in [2.05, 4.69) is 0 Å². The van der Waals surface area contributed by atoms with Crippen molar-refractivity contribution in [3.63, 3.8) is 0 Å². The van der Waals surface area contributed by atoms with Gasteiger partial charge in [0.15, 0.2) is 0 Å². The second-order valence-electron chi connectivity index (χ2n) is 4.38. The third kappa shape index (κ3) is 2.69. The van der Waals surface area contributed by atoms with Gasteiger partial charge in [0.25, 0.3) is 11.1 Å². The molecule has 1 aromatic rings. The smallest absolute Gasteiger partial charge is 0.268 e. The lowest BCUT2D eigenvalue weighted by molar-refractivity contribution is -0.123. The van der Waals surface area contributed by atoms with Crippen LogP contribution in [0.25, 0.3) is 6.08 Å². The lowest BCUT2D eigenvalue weighted by atomic mass is 10.1. The van der Waals surface area contributed by atoms with Crippen LogP contribution in [-0.2, 0) is 4.79 Å². The highest BCUT2D eigenvalue weighted by Crippen LogP contribution is 2.33. The van der Waals surface area contributed by atoms with E-state index >= 15 is 0 Å². The Labute approximate surface area is 115 Å². The van der Waals surface area contributed by atoms with Crippen LogP contribution in [-0.4, -0.2) is 22.1 Å². The predicted molar refractivity (Wildman–Crippen MR) is 74.1 cm³/mol. The highest BCUT2D eigenvalue weighted by Gasteiger charge is 2.36. The SMILES string of the molecule is CC(C)N1C(=O)SC(=Cc2ccc(C#N)cc2)C1=O. The van der Waals surface area contributed by atoms with Crippen LogP contribution in [0.4, 0.5) is 4.79 Å². The van der Waals surface area contributed by atoms with E-state index in [4.69, 9.17) is 5.26 Å². The Morgan fingerprint density at radius 1 is 1.26 bits per heavy atom. The van der Waals surface area contributed by atoms with Gasteiger partial charge in [0, 0.05) is 6.04 Å². The third-order valence-corrected chi connectivity index (χ3v) is 3.56. The number of rotatable bonds is 2. The Hall–Kier alpha value is -2.06. The molecule has 19 heavy (non-hydrogen) atoms. The number of hydrogen-bond acceptors (Lipinski definition) is 4. The van der Waals surface area contributed by atoms with E-state index < -0.39 is 0 Å². The standard InChI is InChI=1S/C14H12N2O2S/c1-9(2)16-13(17)12(19-14(16)18)7-10-3-5-11(8-15)6-4-10/h3-7,9H,1-2H3. The average molecular weight is 272 g/mol. The zero-order valence-corrected chi connectivity index (χ0v) is 11.4. The number of imide groups is 1. The normalized spacial score (nSPS) is 17.4. The molecule has 0 spiro atoms. The highest BCUT2D eigenvalue weighted by atomic mass is 32.2. The third-order valence-electron chi connectivity index (χ3n) is 2.68. The second kappa shape index (κ2) is 5.29. The van der Waals surface area contributed by atoms with Gasteiger partial charge < -0.3 is 0 Å². The van der Waals surface area contributed by atoms with Crippen LogP contribution in [0.2, 0.25) is 0 Å². The number of carbonyl (C=O) groups is 2. The first-order valence-corrected chi connectivity index (χ1v) is 6.62. The summed E-state index contributed by atoms with van der Waals surface area (Å²) in [5.74, 6) is -0.255. The van der Waals surface area contributed by atoms with Gasteiger partial charge in [0.2, 0.25) is 0 Å². The fourth-order valence-corrected chi connectivity index (χ4v) is 2.69. The maximum atomic E-state index is 12.0. The molecule has 0 unspecified atom stereocenters. The van der Waals surface area contributed by atoms with E-state index in [9.17, 15) is 9.59 Å². The Balaban J connectivity index is 2.27. The molecule has 0 bridgehead atoms. The van der Waals surface area contributed by atoms with Gasteiger partial charge >= 0.3 is 0 Å². The molecule has 1 aliphatic heterocycles. The summed E-state index contributed by atoms with van der Waals surface area (Å²) in [4.78, 5) is 25.4. The summed E-state index contributed by atoms with van der Waals surface area (Å²) in [6.07, 6.45) is 1.68. The van der Waals surface area contributed by atoms with Gasteiger partial charge in [-0.1, -0.05) is 12.1 Å². The molecule has 0 N–H and O–H groups in total. The van der Waals surface area contributed by atoms with Gasteiger partial charge in [-0.05, 0) is 49.4 Å². The van der Waals surface area contributed by atoms with Crippen molar-refractivity contribution >= 4 is 29.0 Å². The first kappa shape index (κ1) is 13.4. The Bertz CT molecular complexity index is 597. The van der Waals surface area contributed by atoms with Crippen molar-refractivity contribution in [3.8, 4) is 6.07 Å². The van der Waals surface area contributed by atoms with Gasteiger partial charge in [0.05, 0.1) is 16.5 Å². The molecule has 1 fully saturated rings.